The number of carbonyl (C=O) groups is 2. The van der Waals surface area contributed by atoms with Gasteiger partial charge in [-0.05, 0) is 48.6 Å². The van der Waals surface area contributed by atoms with E-state index in [1.54, 1.807) is 6.20 Å². The predicted molar refractivity (Wildman–Crippen MR) is 124 cm³/mol. The molecule has 2 aromatic carbocycles. The van der Waals surface area contributed by atoms with E-state index in [0.717, 1.165) is 42.4 Å². The first-order chi connectivity index (χ1) is 15.6. The van der Waals surface area contributed by atoms with Gasteiger partial charge >= 0.3 is 0 Å². The molecule has 2 aliphatic rings. The van der Waals surface area contributed by atoms with Gasteiger partial charge in [0.2, 0.25) is 5.91 Å². The number of anilines is 1. The molecule has 0 saturated heterocycles. The third-order valence-corrected chi connectivity index (χ3v) is 6.99. The first-order valence-electron chi connectivity index (χ1n) is 11.3. The summed E-state index contributed by atoms with van der Waals surface area (Å²) in [6, 6.07) is 21.5. The highest BCUT2D eigenvalue weighted by atomic mass is 16.2. The first kappa shape index (κ1) is 20.4. The maximum atomic E-state index is 13.9. The monoisotopic (exact) mass is 425 g/mol. The molecule has 5 rings (SSSR count). The normalized spacial score (nSPS) is 19.1. The largest absolute Gasteiger partial charge is 0.327 e. The zero-order valence-electron chi connectivity index (χ0n) is 18.3. The van der Waals surface area contributed by atoms with Gasteiger partial charge in [0.1, 0.15) is 5.82 Å². The van der Waals surface area contributed by atoms with Crippen LogP contribution in [0.1, 0.15) is 58.6 Å². The zero-order chi connectivity index (χ0) is 22.1. The minimum Gasteiger partial charge on any atom is -0.327 e. The van der Waals surface area contributed by atoms with Crippen LogP contribution in [0.25, 0.3) is 0 Å². The van der Waals surface area contributed by atoms with E-state index in [-0.39, 0.29) is 11.8 Å². The van der Waals surface area contributed by atoms with E-state index < -0.39 is 11.5 Å². The molecule has 2 heterocycles. The summed E-state index contributed by atoms with van der Waals surface area (Å²) in [5, 5.41) is 3.08. The van der Waals surface area contributed by atoms with Gasteiger partial charge in [-0.1, -0.05) is 67.4 Å². The number of hydrogen-bond donors (Lipinski definition) is 1. The number of nitrogens with zero attached hydrogens (tertiary/aromatic N) is 2. The van der Waals surface area contributed by atoms with Crippen LogP contribution in [-0.4, -0.2) is 27.2 Å². The van der Waals surface area contributed by atoms with Gasteiger partial charge in [-0.2, -0.15) is 0 Å². The number of pyridine rings is 1. The summed E-state index contributed by atoms with van der Waals surface area (Å²) in [5.74, 6) is 0.0646. The molecule has 162 valence electrons. The number of carbonyl (C=O) groups excluding carboxylic acids is 2. The minimum absolute atomic E-state index is 0.0180. The van der Waals surface area contributed by atoms with Gasteiger partial charge in [-0.15, -0.1) is 0 Å². The lowest BCUT2D eigenvalue weighted by atomic mass is 9.71. The molecule has 1 atom stereocenters. The molecule has 0 radical (unpaired) electrons. The van der Waals surface area contributed by atoms with Gasteiger partial charge in [0.15, 0.2) is 0 Å². The molecule has 32 heavy (non-hydrogen) atoms. The van der Waals surface area contributed by atoms with E-state index in [9.17, 15) is 9.59 Å². The summed E-state index contributed by atoms with van der Waals surface area (Å²) in [6.07, 6.45) is 5.34. The maximum absolute atomic E-state index is 13.9. The molecular weight excluding hydrogens is 398 g/mol. The van der Waals surface area contributed by atoms with E-state index in [1.165, 1.54) is 0 Å². The van der Waals surface area contributed by atoms with Crippen LogP contribution in [-0.2, 0) is 11.3 Å². The summed E-state index contributed by atoms with van der Waals surface area (Å²) < 4.78 is 0. The van der Waals surface area contributed by atoms with Crippen LogP contribution in [0.4, 0.5) is 5.82 Å². The molecule has 2 amide bonds. The molecule has 0 bridgehead atoms. The Kier molecular flexibility index (Phi) is 5.25. The number of rotatable bonds is 4. The minimum atomic E-state index is -0.534. The van der Waals surface area contributed by atoms with Crippen molar-refractivity contribution in [1.82, 2.24) is 9.88 Å². The molecule has 1 fully saturated rings. The van der Waals surface area contributed by atoms with Crippen molar-refractivity contribution in [3.05, 3.63) is 95.2 Å². The number of aryl methyl sites for hydroxylation is 1. The Morgan fingerprint density at radius 1 is 1.03 bits per heavy atom. The van der Waals surface area contributed by atoms with Gasteiger partial charge in [0.25, 0.3) is 5.91 Å². The van der Waals surface area contributed by atoms with Crippen molar-refractivity contribution in [2.75, 3.05) is 5.32 Å². The zero-order valence-corrected chi connectivity index (χ0v) is 18.3. The molecule has 1 aliphatic carbocycles. The number of aromatic nitrogens is 1. The lowest BCUT2D eigenvalue weighted by Crippen LogP contribution is -2.59. The van der Waals surface area contributed by atoms with Crippen molar-refractivity contribution in [2.45, 2.75) is 50.6 Å². The summed E-state index contributed by atoms with van der Waals surface area (Å²) in [6.45, 7) is 2.44. The predicted octanol–water partition coefficient (Wildman–Crippen LogP) is 5.08. The van der Waals surface area contributed by atoms with Crippen molar-refractivity contribution in [2.24, 2.45) is 0 Å². The second-order valence-corrected chi connectivity index (χ2v) is 8.87. The van der Waals surface area contributed by atoms with Gasteiger partial charge in [-0.25, -0.2) is 4.98 Å². The molecule has 1 aromatic heterocycles. The lowest BCUT2D eigenvalue weighted by molar-refractivity contribution is -0.121. The van der Waals surface area contributed by atoms with Crippen LogP contribution in [0.5, 0.6) is 0 Å². The van der Waals surface area contributed by atoms with E-state index in [2.05, 4.69) is 10.3 Å². The van der Waals surface area contributed by atoms with Crippen molar-refractivity contribution >= 4 is 17.6 Å². The fourth-order valence-electron chi connectivity index (χ4n) is 5.47. The Hall–Kier alpha value is -3.47. The summed E-state index contributed by atoms with van der Waals surface area (Å²) in [5.41, 5.74) is 2.91. The Morgan fingerprint density at radius 3 is 2.50 bits per heavy atom. The van der Waals surface area contributed by atoms with E-state index >= 15 is 0 Å². The Bertz CT molecular complexity index is 1150. The van der Waals surface area contributed by atoms with Gasteiger partial charge in [0, 0.05) is 18.3 Å². The third-order valence-electron chi connectivity index (χ3n) is 6.99. The highest BCUT2D eigenvalue weighted by molar-refractivity contribution is 6.05. The van der Waals surface area contributed by atoms with Crippen molar-refractivity contribution < 1.29 is 9.59 Å². The second kappa shape index (κ2) is 8.23. The first-order valence-corrected chi connectivity index (χ1v) is 11.3. The topological polar surface area (TPSA) is 62.3 Å². The molecule has 1 saturated carbocycles. The highest BCUT2D eigenvalue weighted by Crippen LogP contribution is 2.51. The van der Waals surface area contributed by atoms with Crippen LogP contribution < -0.4 is 5.32 Å². The second-order valence-electron chi connectivity index (χ2n) is 8.87. The highest BCUT2D eigenvalue weighted by Gasteiger charge is 2.55. The van der Waals surface area contributed by atoms with Crippen LogP contribution in [0, 0.1) is 6.92 Å². The fourth-order valence-corrected chi connectivity index (χ4v) is 5.47. The summed E-state index contributed by atoms with van der Waals surface area (Å²) in [7, 11) is 0. The standard InChI is InChI=1S/C27H27N3O2/c1-19-10-9-17-28-24(19)29-25(31)23-21-13-5-6-14-22(21)26(32)30(27(23)15-7-8-16-27)18-20-11-3-2-4-12-20/h2-6,9-14,17,23H,7-8,15-16,18H2,1H3,(H,28,29,31). The van der Waals surface area contributed by atoms with Crippen molar-refractivity contribution in [3.63, 3.8) is 0 Å². The molecule has 1 unspecified atom stereocenters. The molecular formula is C27H27N3O2. The molecule has 5 heteroatoms. The molecule has 1 spiro atoms. The summed E-state index contributed by atoms with van der Waals surface area (Å²) >= 11 is 0. The van der Waals surface area contributed by atoms with Crippen molar-refractivity contribution in [3.8, 4) is 0 Å². The number of fused-ring (bicyclic) bond motifs is 1. The molecule has 1 N–H and O–H groups in total. The van der Waals surface area contributed by atoms with Gasteiger partial charge < -0.3 is 10.2 Å². The van der Waals surface area contributed by atoms with Gasteiger partial charge in [0.05, 0.1) is 11.5 Å². The van der Waals surface area contributed by atoms with Gasteiger partial charge in [-0.3, -0.25) is 9.59 Å². The smallest absolute Gasteiger partial charge is 0.254 e. The average Bonchev–Trinajstić information content (AvgIpc) is 3.29. The third kappa shape index (κ3) is 3.38. The van der Waals surface area contributed by atoms with Crippen LogP contribution in [0.15, 0.2) is 72.9 Å². The SMILES string of the molecule is Cc1cccnc1NC(=O)C1c2ccccc2C(=O)N(Cc2ccccc2)C12CCCC2. The van der Waals surface area contributed by atoms with E-state index in [4.69, 9.17) is 0 Å². The van der Waals surface area contributed by atoms with Crippen LogP contribution in [0.2, 0.25) is 0 Å². The fraction of sp³-hybridized carbons (Fsp3) is 0.296. The van der Waals surface area contributed by atoms with Crippen molar-refractivity contribution in [1.29, 1.82) is 0 Å². The van der Waals surface area contributed by atoms with Crippen LogP contribution in [0.3, 0.4) is 0 Å². The number of nitrogens with one attached hydrogen (secondary N) is 1. The Morgan fingerprint density at radius 2 is 1.75 bits per heavy atom. The lowest BCUT2D eigenvalue weighted by Gasteiger charge is -2.50. The Labute approximate surface area is 188 Å². The van der Waals surface area contributed by atoms with E-state index in [1.807, 2.05) is 78.6 Å². The number of hydrogen-bond acceptors (Lipinski definition) is 3. The molecule has 5 nitrogen and oxygen atoms in total. The van der Waals surface area contributed by atoms with E-state index in [0.29, 0.717) is 17.9 Å². The summed E-state index contributed by atoms with van der Waals surface area (Å²) in [4.78, 5) is 34.0. The molecule has 1 aliphatic heterocycles. The molecule has 3 aromatic rings. The van der Waals surface area contributed by atoms with Crippen LogP contribution >= 0.6 is 0 Å². The number of amides is 2. The number of benzene rings is 2. The maximum Gasteiger partial charge on any atom is 0.254 e. The Balaban J connectivity index is 1.61. The quantitative estimate of drug-likeness (QED) is 0.634. The average molecular weight is 426 g/mol.